The Balaban J connectivity index is 1.24. The third kappa shape index (κ3) is 3.24. The average Bonchev–Trinajstić information content (AvgIpc) is 3.46. The monoisotopic (exact) mass is 421 g/mol. The van der Waals surface area contributed by atoms with Gasteiger partial charge in [0.05, 0.1) is 23.1 Å². The van der Waals surface area contributed by atoms with Gasteiger partial charge in [-0.15, -0.1) is 0 Å². The molecule has 0 aromatic heterocycles. The highest BCUT2D eigenvalue weighted by Gasteiger charge is 2.61. The predicted molar refractivity (Wildman–Crippen MR) is 108 cm³/mol. The van der Waals surface area contributed by atoms with Crippen molar-refractivity contribution in [2.45, 2.75) is 19.3 Å². The molecule has 1 saturated heterocycles. The minimum Gasteiger partial charge on any atom is -0.454 e. The Bertz CT molecular complexity index is 1050. The van der Waals surface area contributed by atoms with Crippen molar-refractivity contribution in [1.82, 2.24) is 0 Å². The highest BCUT2D eigenvalue weighted by molar-refractivity contribution is 6.22. The summed E-state index contributed by atoms with van der Waals surface area (Å²) < 4.78 is 18.0. The number of benzene rings is 2. The molecule has 7 heteroatoms. The molecule has 2 amide bonds. The highest BCUT2D eigenvalue weighted by Crippen LogP contribution is 2.56. The van der Waals surface area contributed by atoms with Crippen molar-refractivity contribution in [2.75, 3.05) is 11.5 Å². The molecular weight excluding hydrogens is 401 g/mol. The number of ketones is 1. The molecule has 1 aliphatic heterocycles. The molecule has 2 aromatic carbocycles. The third-order valence-electron chi connectivity index (χ3n) is 6.79. The Labute approximate surface area is 178 Å². The first-order valence-electron chi connectivity index (χ1n) is 10.4. The van der Waals surface area contributed by atoms with Crippen LogP contribution in [0.3, 0.4) is 0 Å². The van der Waals surface area contributed by atoms with Crippen molar-refractivity contribution >= 4 is 29.3 Å². The molecule has 2 saturated carbocycles. The summed E-state index contributed by atoms with van der Waals surface area (Å²) in [5.74, 6) is -1.66. The molecule has 2 aliphatic carbocycles. The number of carbonyl (C=O) groups excluding carboxylic acids is 4. The van der Waals surface area contributed by atoms with Gasteiger partial charge in [0.15, 0.2) is 12.4 Å². The van der Waals surface area contributed by atoms with Crippen molar-refractivity contribution in [3.05, 3.63) is 65.5 Å². The Hall–Kier alpha value is -3.35. The second kappa shape index (κ2) is 7.41. The van der Waals surface area contributed by atoms with E-state index in [2.05, 4.69) is 0 Å². The number of rotatable bonds is 5. The van der Waals surface area contributed by atoms with Crippen molar-refractivity contribution < 1.29 is 28.3 Å². The van der Waals surface area contributed by atoms with E-state index in [-0.39, 0.29) is 34.8 Å². The second-order valence-electron chi connectivity index (χ2n) is 8.45. The zero-order valence-corrected chi connectivity index (χ0v) is 16.6. The van der Waals surface area contributed by atoms with Gasteiger partial charge in [-0.1, -0.05) is 0 Å². The molecule has 158 valence electrons. The van der Waals surface area contributed by atoms with Crippen LogP contribution in [0.4, 0.5) is 10.1 Å². The Morgan fingerprint density at radius 3 is 2.00 bits per heavy atom. The molecule has 4 atom stereocenters. The molecule has 31 heavy (non-hydrogen) atoms. The van der Waals surface area contributed by atoms with Gasteiger partial charge in [-0.05, 0) is 79.6 Å². The van der Waals surface area contributed by atoms with Crippen molar-refractivity contribution in [3.8, 4) is 0 Å². The minimum absolute atomic E-state index is 0.137. The summed E-state index contributed by atoms with van der Waals surface area (Å²) in [6.45, 7) is -0.471. The summed E-state index contributed by atoms with van der Waals surface area (Å²) in [4.78, 5) is 51.4. The van der Waals surface area contributed by atoms with E-state index < -0.39 is 24.2 Å². The summed E-state index contributed by atoms with van der Waals surface area (Å²) in [6.07, 6.45) is 3.00. The zero-order valence-electron chi connectivity index (χ0n) is 16.6. The van der Waals surface area contributed by atoms with Crippen LogP contribution in [0.2, 0.25) is 0 Å². The number of carbonyl (C=O) groups is 4. The van der Waals surface area contributed by atoms with E-state index in [0.29, 0.717) is 17.5 Å². The van der Waals surface area contributed by atoms with E-state index >= 15 is 0 Å². The van der Waals surface area contributed by atoms with Gasteiger partial charge < -0.3 is 4.74 Å². The number of halogens is 1. The number of hydrogen-bond acceptors (Lipinski definition) is 5. The number of fused-ring (bicyclic) bond motifs is 5. The van der Waals surface area contributed by atoms with Gasteiger partial charge >= 0.3 is 5.97 Å². The van der Waals surface area contributed by atoms with E-state index in [0.717, 1.165) is 31.4 Å². The lowest BCUT2D eigenvalue weighted by Crippen LogP contribution is -2.32. The Kier molecular flexibility index (Phi) is 4.68. The number of ether oxygens (including phenoxy) is 1. The molecule has 0 unspecified atom stereocenters. The number of imide groups is 1. The number of Topliss-reactive ketones (excluding diaryl/α,β-unsaturated/α-hetero) is 1. The van der Waals surface area contributed by atoms with E-state index in [4.69, 9.17) is 4.74 Å². The summed E-state index contributed by atoms with van der Waals surface area (Å²) in [5.41, 5.74) is 0.896. The molecule has 2 aromatic rings. The fourth-order valence-electron chi connectivity index (χ4n) is 5.34. The normalized spacial score (nSPS) is 26.3. The SMILES string of the molecule is O=C(COC(=O)c1ccc(N2C(=O)[C@H]3[C@H]4CC[C@@H](C4)[C@@H]3C2=O)cc1)c1ccc(F)cc1. The molecule has 3 fully saturated rings. The summed E-state index contributed by atoms with van der Waals surface area (Å²) in [5, 5.41) is 0. The maximum Gasteiger partial charge on any atom is 0.338 e. The van der Waals surface area contributed by atoms with Crippen LogP contribution in [0.15, 0.2) is 48.5 Å². The fraction of sp³-hybridized carbons (Fsp3) is 0.333. The smallest absolute Gasteiger partial charge is 0.338 e. The third-order valence-corrected chi connectivity index (χ3v) is 6.79. The zero-order chi connectivity index (χ0) is 21.7. The summed E-state index contributed by atoms with van der Waals surface area (Å²) in [7, 11) is 0. The topological polar surface area (TPSA) is 80.8 Å². The average molecular weight is 421 g/mol. The molecule has 3 aliphatic rings. The van der Waals surface area contributed by atoms with Gasteiger partial charge in [0.2, 0.25) is 11.8 Å². The van der Waals surface area contributed by atoms with Gasteiger partial charge in [-0.3, -0.25) is 19.3 Å². The first kappa shape index (κ1) is 19.6. The molecule has 0 spiro atoms. The van der Waals surface area contributed by atoms with E-state index in [9.17, 15) is 23.6 Å². The van der Waals surface area contributed by atoms with Crippen LogP contribution in [0.25, 0.3) is 0 Å². The number of esters is 1. The van der Waals surface area contributed by atoms with Crippen LogP contribution in [-0.2, 0) is 14.3 Å². The first-order chi connectivity index (χ1) is 14.9. The first-order valence-corrected chi connectivity index (χ1v) is 10.4. The highest BCUT2D eigenvalue weighted by atomic mass is 19.1. The van der Waals surface area contributed by atoms with Crippen molar-refractivity contribution in [3.63, 3.8) is 0 Å². The Morgan fingerprint density at radius 1 is 0.871 bits per heavy atom. The van der Waals surface area contributed by atoms with Crippen LogP contribution in [-0.4, -0.2) is 30.2 Å². The molecule has 2 bridgehead atoms. The van der Waals surface area contributed by atoms with Gasteiger partial charge in [-0.2, -0.15) is 0 Å². The Morgan fingerprint density at radius 2 is 1.42 bits per heavy atom. The number of amides is 2. The van der Waals surface area contributed by atoms with E-state index in [1.807, 2.05) is 0 Å². The molecule has 1 heterocycles. The standard InChI is InChI=1S/C24H20FNO5/c25-17-7-3-13(4-8-17)19(27)12-31-24(30)14-5-9-18(10-6-14)26-22(28)20-15-1-2-16(11-15)21(20)23(26)29/h3-10,15-16,20-21H,1-2,11-12H2/t15-,16-,20-,21-/m0/s1. The van der Waals surface area contributed by atoms with Gasteiger partial charge in [0, 0.05) is 5.56 Å². The molecule has 0 radical (unpaired) electrons. The van der Waals surface area contributed by atoms with Gasteiger partial charge in [-0.25, -0.2) is 9.18 Å². The lowest BCUT2D eigenvalue weighted by molar-refractivity contribution is -0.123. The lowest BCUT2D eigenvalue weighted by Gasteiger charge is -2.19. The number of nitrogens with zero attached hydrogens (tertiary/aromatic N) is 1. The quantitative estimate of drug-likeness (QED) is 0.420. The fourth-order valence-corrected chi connectivity index (χ4v) is 5.34. The van der Waals surface area contributed by atoms with Crippen LogP contribution in [0, 0.1) is 29.5 Å². The maximum atomic E-state index is 12.9. The minimum atomic E-state index is -0.698. The molecule has 6 nitrogen and oxygen atoms in total. The molecule has 5 rings (SSSR count). The van der Waals surface area contributed by atoms with E-state index in [1.165, 1.54) is 29.2 Å². The van der Waals surface area contributed by atoms with Crippen molar-refractivity contribution in [2.24, 2.45) is 23.7 Å². The summed E-state index contributed by atoms with van der Waals surface area (Å²) in [6, 6.07) is 11.0. The van der Waals surface area contributed by atoms with Crippen LogP contribution >= 0.6 is 0 Å². The van der Waals surface area contributed by atoms with Crippen LogP contribution < -0.4 is 4.90 Å². The molecule has 0 N–H and O–H groups in total. The second-order valence-corrected chi connectivity index (χ2v) is 8.45. The van der Waals surface area contributed by atoms with Crippen LogP contribution in [0.5, 0.6) is 0 Å². The lowest BCUT2D eigenvalue weighted by atomic mass is 9.81. The largest absolute Gasteiger partial charge is 0.454 e. The van der Waals surface area contributed by atoms with Crippen molar-refractivity contribution in [1.29, 1.82) is 0 Å². The number of anilines is 1. The molecular formula is C24H20FNO5. The maximum absolute atomic E-state index is 12.9. The van der Waals surface area contributed by atoms with Gasteiger partial charge in [0.1, 0.15) is 5.82 Å². The summed E-state index contributed by atoms with van der Waals surface area (Å²) >= 11 is 0. The predicted octanol–water partition coefficient (Wildman–Crippen LogP) is 3.40. The number of hydrogen-bond donors (Lipinski definition) is 0. The van der Waals surface area contributed by atoms with Crippen LogP contribution in [0.1, 0.15) is 40.0 Å². The van der Waals surface area contributed by atoms with E-state index in [1.54, 1.807) is 12.1 Å². The van der Waals surface area contributed by atoms with Gasteiger partial charge in [0.25, 0.3) is 0 Å².